The summed E-state index contributed by atoms with van der Waals surface area (Å²) >= 11 is 0. The number of ether oxygens (including phenoxy) is 1. The third-order valence-corrected chi connectivity index (χ3v) is 2.84. The van der Waals surface area contributed by atoms with Crippen LogP contribution in [0.15, 0.2) is 0 Å². The average Bonchev–Trinajstić information content (AvgIpc) is 2.14. The van der Waals surface area contributed by atoms with Crippen LogP contribution >= 0.6 is 0 Å². The molecule has 5 nitrogen and oxygen atoms in total. The number of esters is 1. The van der Waals surface area contributed by atoms with Crippen molar-refractivity contribution >= 4 is 16.1 Å². The smallest absolute Gasteiger partial charge is 0.308 e. The van der Waals surface area contributed by atoms with E-state index in [9.17, 15) is 17.8 Å². The molecule has 0 aromatic heterocycles. The van der Waals surface area contributed by atoms with Crippen LogP contribution in [-0.4, -0.2) is 31.3 Å². The van der Waals surface area contributed by atoms with Gasteiger partial charge in [0.2, 0.25) is 0 Å². The molecule has 15 heavy (non-hydrogen) atoms. The summed E-state index contributed by atoms with van der Waals surface area (Å²) in [5.74, 6) is -0.802. The molecular weight excluding hydrogens is 220 g/mol. The van der Waals surface area contributed by atoms with Gasteiger partial charge in [-0.05, 0) is 19.3 Å². The van der Waals surface area contributed by atoms with Gasteiger partial charge in [0, 0.05) is 5.75 Å². The van der Waals surface area contributed by atoms with Gasteiger partial charge in [0.05, 0.1) is 22.6 Å². The Bertz CT molecular complexity index is 283. The number of rotatable bonds is 7. The first-order valence-corrected chi connectivity index (χ1v) is 6.54. The van der Waals surface area contributed by atoms with E-state index < -0.39 is 15.9 Å². The van der Waals surface area contributed by atoms with Crippen LogP contribution in [0.4, 0.5) is 0 Å². The van der Waals surface area contributed by atoms with E-state index in [1.54, 1.807) is 6.92 Å². The van der Waals surface area contributed by atoms with E-state index in [2.05, 4.69) is 0 Å². The second-order valence-corrected chi connectivity index (χ2v) is 4.97. The van der Waals surface area contributed by atoms with Crippen molar-refractivity contribution in [3.63, 3.8) is 0 Å². The number of unbranched alkanes of at least 4 members (excludes halogenated alkanes) is 1. The van der Waals surface area contributed by atoms with Crippen molar-refractivity contribution in [1.29, 1.82) is 0 Å². The molecule has 0 rings (SSSR count). The quantitative estimate of drug-likeness (QED) is 0.373. The van der Waals surface area contributed by atoms with Gasteiger partial charge in [-0.1, -0.05) is 13.8 Å². The Hall–Kier alpha value is -0.620. The van der Waals surface area contributed by atoms with E-state index in [-0.39, 0.29) is 24.9 Å². The minimum absolute atomic E-state index is 0.131. The van der Waals surface area contributed by atoms with Gasteiger partial charge in [0.15, 0.2) is 0 Å². The SMILES string of the molecule is CCC(C)C(=O)OCCCCS(=O)(=O)[O-]. The summed E-state index contributed by atoms with van der Waals surface area (Å²) in [6, 6.07) is 0. The fourth-order valence-electron chi connectivity index (χ4n) is 0.863. The van der Waals surface area contributed by atoms with Gasteiger partial charge in [0.1, 0.15) is 0 Å². The number of carbonyl (C=O) groups excluding carboxylic acids is 1. The molecule has 0 amide bonds. The molecule has 90 valence electrons. The molecular formula is C9H17O5S-. The van der Waals surface area contributed by atoms with Gasteiger partial charge in [-0.25, -0.2) is 8.42 Å². The third-order valence-electron chi connectivity index (χ3n) is 2.05. The van der Waals surface area contributed by atoms with E-state index in [0.29, 0.717) is 12.8 Å². The summed E-state index contributed by atoms with van der Waals surface area (Å²) in [5.41, 5.74) is 0. The Labute approximate surface area is 90.6 Å². The lowest BCUT2D eigenvalue weighted by Crippen LogP contribution is -2.15. The molecule has 0 aliphatic heterocycles. The summed E-state index contributed by atoms with van der Waals surface area (Å²) in [7, 11) is -4.14. The Balaban J connectivity index is 3.51. The first-order valence-electron chi connectivity index (χ1n) is 4.97. The van der Waals surface area contributed by atoms with E-state index in [0.717, 1.165) is 0 Å². The van der Waals surface area contributed by atoms with Crippen molar-refractivity contribution in [3.05, 3.63) is 0 Å². The predicted octanol–water partition coefficient (Wildman–Crippen LogP) is 0.901. The monoisotopic (exact) mass is 237 g/mol. The van der Waals surface area contributed by atoms with E-state index in [1.165, 1.54) is 0 Å². The van der Waals surface area contributed by atoms with E-state index >= 15 is 0 Å². The zero-order valence-electron chi connectivity index (χ0n) is 9.06. The van der Waals surface area contributed by atoms with Crippen LogP contribution in [0.1, 0.15) is 33.1 Å². The molecule has 0 aliphatic carbocycles. The first-order chi connectivity index (χ1) is 6.87. The minimum atomic E-state index is -4.14. The van der Waals surface area contributed by atoms with Gasteiger partial charge in [-0.15, -0.1) is 0 Å². The highest BCUT2D eigenvalue weighted by Crippen LogP contribution is 2.04. The Morgan fingerprint density at radius 3 is 2.47 bits per heavy atom. The maximum absolute atomic E-state index is 11.1. The molecule has 0 spiro atoms. The summed E-state index contributed by atoms with van der Waals surface area (Å²) in [5, 5.41) is 0. The molecule has 0 aromatic rings. The lowest BCUT2D eigenvalue weighted by molar-refractivity contribution is -0.148. The molecule has 0 aliphatic rings. The molecule has 0 N–H and O–H groups in total. The number of hydrogen-bond donors (Lipinski definition) is 0. The van der Waals surface area contributed by atoms with Gasteiger partial charge in [-0.2, -0.15) is 0 Å². The number of hydrogen-bond acceptors (Lipinski definition) is 5. The van der Waals surface area contributed by atoms with Gasteiger partial charge >= 0.3 is 5.97 Å². The van der Waals surface area contributed by atoms with Crippen LogP contribution in [0.25, 0.3) is 0 Å². The van der Waals surface area contributed by atoms with Crippen LogP contribution in [0.2, 0.25) is 0 Å². The second kappa shape index (κ2) is 6.79. The third kappa shape index (κ3) is 8.38. The van der Waals surface area contributed by atoms with Crippen molar-refractivity contribution in [3.8, 4) is 0 Å². The second-order valence-electron chi connectivity index (χ2n) is 3.45. The largest absolute Gasteiger partial charge is 0.748 e. The predicted molar refractivity (Wildman–Crippen MR) is 54.2 cm³/mol. The molecule has 0 bridgehead atoms. The van der Waals surface area contributed by atoms with Gasteiger partial charge in [-0.3, -0.25) is 4.79 Å². The lowest BCUT2D eigenvalue weighted by atomic mass is 10.1. The minimum Gasteiger partial charge on any atom is -0.748 e. The maximum atomic E-state index is 11.1. The normalized spacial score (nSPS) is 13.5. The van der Waals surface area contributed by atoms with Crippen LogP contribution in [-0.2, 0) is 19.6 Å². The average molecular weight is 237 g/mol. The number of carbonyl (C=O) groups is 1. The fraction of sp³-hybridized carbons (Fsp3) is 0.889. The van der Waals surface area contributed by atoms with Crippen LogP contribution in [0.5, 0.6) is 0 Å². The van der Waals surface area contributed by atoms with E-state index in [4.69, 9.17) is 4.74 Å². The van der Waals surface area contributed by atoms with E-state index in [1.807, 2.05) is 6.92 Å². The molecule has 0 saturated carbocycles. The molecule has 1 atom stereocenters. The van der Waals surface area contributed by atoms with Crippen LogP contribution in [0, 0.1) is 5.92 Å². The fourth-order valence-corrected chi connectivity index (χ4v) is 1.42. The lowest BCUT2D eigenvalue weighted by Gasteiger charge is -2.09. The summed E-state index contributed by atoms with van der Waals surface area (Å²) in [6.07, 6.45) is 1.36. The topological polar surface area (TPSA) is 83.5 Å². The van der Waals surface area contributed by atoms with Crippen molar-refractivity contribution in [2.45, 2.75) is 33.1 Å². The highest BCUT2D eigenvalue weighted by molar-refractivity contribution is 7.85. The molecule has 0 aromatic carbocycles. The van der Waals surface area contributed by atoms with Crippen molar-refractivity contribution in [1.82, 2.24) is 0 Å². The molecule has 0 saturated heterocycles. The zero-order chi connectivity index (χ0) is 11.9. The Morgan fingerprint density at radius 1 is 1.40 bits per heavy atom. The molecule has 1 unspecified atom stereocenters. The van der Waals surface area contributed by atoms with Crippen molar-refractivity contribution < 1.29 is 22.5 Å². The maximum Gasteiger partial charge on any atom is 0.308 e. The summed E-state index contributed by atoms with van der Waals surface area (Å²) < 4.78 is 35.5. The molecule has 0 heterocycles. The Morgan fingerprint density at radius 2 is 2.00 bits per heavy atom. The van der Waals surface area contributed by atoms with Crippen LogP contribution < -0.4 is 0 Å². The van der Waals surface area contributed by atoms with Crippen LogP contribution in [0.3, 0.4) is 0 Å². The van der Waals surface area contributed by atoms with Gasteiger partial charge < -0.3 is 9.29 Å². The molecule has 0 fully saturated rings. The highest BCUT2D eigenvalue weighted by Gasteiger charge is 2.11. The molecule has 6 heteroatoms. The summed E-state index contributed by atoms with van der Waals surface area (Å²) in [6.45, 7) is 3.83. The van der Waals surface area contributed by atoms with Crippen molar-refractivity contribution in [2.75, 3.05) is 12.4 Å². The van der Waals surface area contributed by atoms with Gasteiger partial charge in [0.25, 0.3) is 0 Å². The first kappa shape index (κ1) is 14.4. The molecule has 0 radical (unpaired) electrons. The standard InChI is InChI=1S/C9H18O5S/c1-3-8(2)9(10)14-6-4-5-7-15(11,12)13/h8H,3-7H2,1-2H3,(H,11,12,13)/p-1. The zero-order valence-corrected chi connectivity index (χ0v) is 9.88. The highest BCUT2D eigenvalue weighted by atomic mass is 32.2. The summed E-state index contributed by atoms with van der Waals surface area (Å²) in [4.78, 5) is 11.1. The Kier molecular flexibility index (Phi) is 6.51. The van der Waals surface area contributed by atoms with Crippen molar-refractivity contribution in [2.24, 2.45) is 5.92 Å².